The van der Waals surface area contributed by atoms with Gasteiger partial charge in [-0.1, -0.05) is 6.42 Å². The van der Waals surface area contributed by atoms with Crippen molar-refractivity contribution in [1.82, 2.24) is 15.5 Å². The molecule has 5 atom stereocenters. The topological polar surface area (TPSA) is 79.0 Å². The smallest absolute Gasteiger partial charge is 0.245 e. The van der Waals surface area contributed by atoms with Crippen LogP contribution in [0, 0.1) is 11.8 Å². The molecule has 4 rings (SSSR count). The van der Waals surface area contributed by atoms with Gasteiger partial charge in [-0.25, -0.2) is 0 Å². The summed E-state index contributed by atoms with van der Waals surface area (Å²) >= 11 is 0. The van der Waals surface area contributed by atoms with Gasteiger partial charge in [0.25, 0.3) is 0 Å². The van der Waals surface area contributed by atoms with E-state index in [0.717, 1.165) is 11.8 Å². The molecule has 2 aliphatic carbocycles. The number of ether oxygens (including phenoxy) is 1. The fraction of sp³-hybridized carbons (Fsp3) is 0.750. The number of hydrogen-bond donors (Lipinski definition) is 3. The van der Waals surface area contributed by atoms with E-state index in [4.69, 9.17) is 4.74 Å². The highest BCUT2D eigenvalue weighted by atomic mass is 16.5. The lowest BCUT2D eigenvalue weighted by Gasteiger charge is -2.28. The van der Waals surface area contributed by atoms with E-state index in [1.165, 1.54) is 31.4 Å². The zero-order valence-electron chi connectivity index (χ0n) is 13.0. The highest BCUT2D eigenvalue weighted by molar-refractivity contribution is 5.94. The number of anilines is 1. The van der Waals surface area contributed by atoms with Gasteiger partial charge in [-0.05, 0) is 38.0 Å². The van der Waals surface area contributed by atoms with Gasteiger partial charge >= 0.3 is 0 Å². The molecule has 3 N–H and O–H groups in total. The number of aromatic nitrogens is 2. The van der Waals surface area contributed by atoms with E-state index in [1.54, 1.807) is 0 Å². The molecular formula is C16H24N4O2. The predicted molar refractivity (Wildman–Crippen MR) is 82.6 cm³/mol. The van der Waals surface area contributed by atoms with Crippen LogP contribution in [0.2, 0.25) is 0 Å². The fourth-order valence-electron chi connectivity index (χ4n) is 4.45. The normalized spacial score (nSPS) is 37.4. The van der Waals surface area contributed by atoms with E-state index < -0.39 is 0 Å². The Kier molecular flexibility index (Phi) is 3.66. The minimum atomic E-state index is -0.309. The van der Waals surface area contributed by atoms with Crippen molar-refractivity contribution in [2.75, 3.05) is 18.5 Å². The van der Waals surface area contributed by atoms with Crippen LogP contribution in [0.5, 0.6) is 0 Å². The van der Waals surface area contributed by atoms with Crippen molar-refractivity contribution in [3.63, 3.8) is 0 Å². The maximum absolute atomic E-state index is 12.3. The van der Waals surface area contributed by atoms with Crippen molar-refractivity contribution < 1.29 is 9.53 Å². The minimum Gasteiger partial charge on any atom is -0.375 e. The van der Waals surface area contributed by atoms with Gasteiger partial charge in [0.1, 0.15) is 6.04 Å². The summed E-state index contributed by atoms with van der Waals surface area (Å²) in [5.41, 5.74) is 1.18. The largest absolute Gasteiger partial charge is 0.375 e. The Bertz CT molecular complexity index is 558. The van der Waals surface area contributed by atoms with E-state index in [-0.39, 0.29) is 18.1 Å². The zero-order chi connectivity index (χ0) is 15.1. The molecule has 2 heterocycles. The highest BCUT2D eigenvalue weighted by Gasteiger charge is 2.41. The molecule has 6 heteroatoms. The first-order valence-corrected chi connectivity index (χ1v) is 8.42. The van der Waals surface area contributed by atoms with E-state index in [2.05, 4.69) is 20.8 Å². The Morgan fingerprint density at radius 1 is 1.41 bits per heavy atom. The lowest BCUT2D eigenvalue weighted by molar-refractivity contribution is -0.123. The molecule has 6 nitrogen and oxygen atoms in total. The van der Waals surface area contributed by atoms with Crippen LogP contribution in [0.15, 0.2) is 6.07 Å². The molecule has 22 heavy (non-hydrogen) atoms. The van der Waals surface area contributed by atoms with E-state index in [1.807, 2.05) is 13.0 Å². The van der Waals surface area contributed by atoms with Gasteiger partial charge in [0.2, 0.25) is 5.91 Å². The third-order valence-electron chi connectivity index (χ3n) is 5.59. The summed E-state index contributed by atoms with van der Waals surface area (Å²) in [5.74, 6) is 2.87. The van der Waals surface area contributed by atoms with Gasteiger partial charge in [0, 0.05) is 24.2 Å². The van der Waals surface area contributed by atoms with Crippen LogP contribution in [0.1, 0.15) is 44.2 Å². The van der Waals surface area contributed by atoms with Crippen LogP contribution >= 0.6 is 0 Å². The number of amides is 1. The molecule has 2 bridgehead atoms. The number of rotatable bonds is 3. The van der Waals surface area contributed by atoms with Crippen molar-refractivity contribution in [1.29, 1.82) is 0 Å². The van der Waals surface area contributed by atoms with Crippen LogP contribution in [0.25, 0.3) is 0 Å². The third-order valence-corrected chi connectivity index (χ3v) is 5.59. The molecule has 0 radical (unpaired) electrons. The second kappa shape index (κ2) is 5.66. The zero-order valence-corrected chi connectivity index (χ0v) is 13.0. The molecule has 3 unspecified atom stereocenters. The number of fused-ring (bicyclic) bond motifs is 2. The van der Waals surface area contributed by atoms with Crippen molar-refractivity contribution >= 4 is 11.7 Å². The van der Waals surface area contributed by atoms with Gasteiger partial charge in [0.05, 0.1) is 12.7 Å². The SMILES string of the molecule is C[C@H]1OCCN[C@@H]1C(=O)Nc1cc(C2CC3CCC2C3)[nH]n1. The summed E-state index contributed by atoms with van der Waals surface area (Å²) in [6, 6.07) is 1.70. The number of carbonyl (C=O) groups excluding carboxylic acids is 1. The first-order valence-electron chi connectivity index (χ1n) is 8.42. The van der Waals surface area contributed by atoms with Crippen LogP contribution in [-0.2, 0) is 9.53 Å². The van der Waals surface area contributed by atoms with Crippen LogP contribution < -0.4 is 10.6 Å². The Morgan fingerprint density at radius 2 is 2.32 bits per heavy atom. The van der Waals surface area contributed by atoms with Crippen LogP contribution in [0.4, 0.5) is 5.82 Å². The average Bonchev–Trinajstić information content (AvgIpc) is 3.23. The molecular weight excluding hydrogens is 280 g/mol. The van der Waals surface area contributed by atoms with Crippen LogP contribution in [-0.4, -0.2) is 41.4 Å². The van der Waals surface area contributed by atoms with Crippen molar-refractivity contribution in [2.24, 2.45) is 11.8 Å². The summed E-state index contributed by atoms with van der Waals surface area (Å²) < 4.78 is 5.52. The van der Waals surface area contributed by atoms with Gasteiger partial charge < -0.3 is 15.4 Å². The summed E-state index contributed by atoms with van der Waals surface area (Å²) in [7, 11) is 0. The number of carbonyl (C=O) groups is 1. The first-order chi connectivity index (χ1) is 10.7. The Hall–Kier alpha value is -1.40. The Morgan fingerprint density at radius 3 is 3.05 bits per heavy atom. The van der Waals surface area contributed by atoms with Crippen molar-refractivity contribution in [3.8, 4) is 0 Å². The minimum absolute atomic E-state index is 0.0711. The number of H-pyrrole nitrogens is 1. The second-order valence-corrected chi connectivity index (χ2v) is 6.99. The molecule has 3 aliphatic rings. The molecule has 1 aromatic heterocycles. The number of morpholine rings is 1. The van der Waals surface area contributed by atoms with E-state index in [0.29, 0.717) is 24.9 Å². The van der Waals surface area contributed by atoms with Crippen LogP contribution in [0.3, 0.4) is 0 Å². The summed E-state index contributed by atoms with van der Waals surface area (Å²) in [4.78, 5) is 12.3. The molecule has 1 saturated heterocycles. The summed E-state index contributed by atoms with van der Waals surface area (Å²) in [6.45, 7) is 3.28. The molecule has 2 saturated carbocycles. The number of aromatic amines is 1. The van der Waals surface area contributed by atoms with Gasteiger partial charge in [-0.2, -0.15) is 5.10 Å². The predicted octanol–water partition coefficient (Wildman–Crippen LogP) is 1.63. The molecule has 1 aromatic rings. The van der Waals surface area contributed by atoms with Crippen molar-refractivity contribution in [2.45, 2.75) is 50.7 Å². The molecule has 0 aromatic carbocycles. The number of nitrogens with zero attached hydrogens (tertiary/aromatic N) is 1. The van der Waals surface area contributed by atoms with Gasteiger partial charge in [0.15, 0.2) is 5.82 Å². The lowest BCUT2D eigenvalue weighted by atomic mass is 9.86. The highest BCUT2D eigenvalue weighted by Crippen LogP contribution is 2.52. The summed E-state index contributed by atoms with van der Waals surface area (Å²) in [5, 5.41) is 13.5. The summed E-state index contributed by atoms with van der Waals surface area (Å²) in [6.07, 6.45) is 5.26. The molecule has 3 fully saturated rings. The average molecular weight is 304 g/mol. The molecule has 1 amide bonds. The van der Waals surface area contributed by atoms with Crippen molar-refractivity contribution in [3.05, 3.63) is 11.8 Å². The molecule has 1 aliphatic heterocycles. The lowest BCUT2D eigenvalue weighted by Crippen LogP contribution is -2.53. The van der Waals surface area contributed by atoms with Gasteiger partial charge in [-0.15, -0.1) is 0 Å². The monoisotopic (exact) mass is 304 g/mol. The second-order valence-electron chi connectivity index (χ2n) is 6.99. The maximum atomic E-state index is 12.3. The molecule has 120 valence electrons. The quantitative estimate of drug-likeness (QED) is 0.793. The first kappa shape index (κ1) is 14.2. The number of nitrogens with one attached hydrogen (secondary N) is 3. The maximum Gasteiger partial charge on any atom is 0.245 e. The molecule has 0 spiro atoms. The fourth-order valence-corrected chi connectivity index (χ4v) is 4.45. The third kappa shape index (κ3) is 2.54. The van der Waals surface area contributed by atoms with E-state index in [9.17, 15) is 4.79 Å². The standard InChI is InChI=1S/C16H24N4O2/c1-9-15(17-4-5-22-9)16(21)18-14-8-13(19-20-14)12-7-10-2-3-11(12)6-10/h8-12,15,17H,2-7H2,1H3,(H2,18,19,20,21)/t9-,10?,11?,12?,15+/m1/s1. The van der Waals surface area contributed by atoms with Gasteiger partial charge in [-0.3, -0.25) is 9.89 Å². The Balaban J connectivity index is 1.40. The number of hydrogen-bond acceptors (Lipinski definition) is 4. The Labute approximate surface area is 130 Å². The van der Waals surface area contributed by atoms with E-state index >= 15 is 0 Å².